The molecule has 1 saturated heterocycles. The molecule has 198 valence electrons. The summed E-state index contributed by atoms with van der Waals surface area (Å²) in [7, 11) is 1.89. The number of carbonyl (C=O) groups excluding carboxylic acids is 1. The van der Waals surface area contributed by atoms with Gasteiger partial charge in [-0.25, -0.2) is 14.3 Å². The van der Waals surface area contributed by atoms with Gasteiger partial charge in [0.25, 0.3) is 0 Å². The quantitative estimate of drug-likeness (QED) is 0.479. The van der Waals surface area contributed by atoms with E-state index in [2.05, 4.69) is 25.1 Å². The van der Waals surface area contributed by atoms with Crippen molar-refractivity contribution in [2.75, 3.05) is 36.9 Å². The summed E-state index contributed by atoms with van der Waals surface area (Å²) in [6, 6.07) is 2.46. The molecule has 2 unspecified atom stereocenters. The van der Waals surface area contributed by atoms with Gasteiger partial charge in [-0.3, -0.25) is 10.2 Å². The number of hydrogen-bond acceptors (Lipinski definition) is 7. The molecule has 0 radical (unpaired) electrons. The second-order valence-electron chi connectivity index (χ2n) is 8.60. The molecule has 2 aliphatic heterocycles. The van der Waals surface area contributed by atoms with E-state index in [1.165, 1.54) is 6.07 Å². The number of nitrogens with one attached hydrogen (secondary N) is 1. The molecule has 2 aliphatic rings. The highest BCUT2D eigenvalue weighted by Gasteiger charge is 2.50. The largest absolute Gasteiger partial charge is 0.473 e. The molecule has 3 aromatic rings. The monoisotopic (exact) mass is 547 g/mol. The van der Waals surface area contributed by atoms with E-state index in [1.807, 2.05) is 11.9 Å². The molecule has 1 N–H and O–H groups in total. The third kappa shape index (κ3) is 5.18. The Morgan fingerprint density at radius 1 is 1.24 bits per heavy atom. The molecule has 5 heterocycles. The van der Waals surface area contributed by atoms with E-state index in [9.17, 15) is 26.7 Å². The third-order valence-corrected chi connectivity index (χ3v) is 6.15. The molecule has 5 rings (SSSR count). The molecule has 0 aromatic carbocycles. The van der Waals surface area contributed by atoms with Crippen LogP contribution < -0.4 is 19.7 Å². The summed E-state index contributed by atoms with van der Waals surface area (Å²) in [6.07, 6.45) is -3.20. The maximum atomic E-state index is 13.9. The minimum absolute atomic E-state index is 0.0641. The van der Waals surface area contributed by atoms with Crippen molar-refractivity contribution in [1.82, 2.24) is 24.5 Å². The van der Waals surface area contributed by atoms with Crippen molar-refractivity contribution < 1.29 is 36.2 Å². The summed E-state index contributed by atoms with van der Waals surface area (Å²) in [5.74, 6) is -2.75. The second-order valence-corrected chi connectivity index (χ2v) is 8.98. The Morgan fingerprint density at radius 2 is 2.03 bits per heavy atom. The van der Waals surface area contributed by atoms with Gasteiger partial charge in [0.2, 0.25) is 5.88 Å². The fourth-order valence-electron chi connectivity index (χ4n) is 4.38. The fraction of sp³-hybridized carbons (Fsp3) is 0.429. The lowest BCUT2D eigenvalue weighted by Crippen LogP contribution is -2.36. The van der Waals surface area contributed by atoms with Crippen LogP contribution in [0.4, 0.5) is 38.3 Å². The van der Waals surface area contributed by atoms with Crippen molar-refractivity contribution in [3.63, 3.8) is 0 Å². The van der Waals surface area contributed by atoms with E-state index in [0.29, 0.717) is 13.0 Å². The van der Waals surface area contributed by atoms with Crippen LogP contribution in [0.2, 0.25) is 5.15 Å². The van der Waals surface area contributed by atoms with E-state index in [1.54, 1.807) is 0 Å². The Labute approximate surface area is 210 Å². The number of amides is 2. The van der Waals surface area contributed by atoms with Crippen molar-refractivity contribution >= 4 is 34.8 Å². The van der Waals surface area contributed by atoms with Gasteiger partial charge in [-0.05, 0) is 13.5 Å². The van der Waals surface area contributed by atoms with E-state index in [4.69, 9.17) is 16.3 Å². The van der Waals surface area contributed by atoms with E-state index < -0.39 is 31.3 Å². The number of ether oxygens (including phenoxy) is 2. The van der Waals surface area contributed by atoms with Crippen LogP contribution in [-0.2, 0) is 0 Å². The topological polar surface area (TPSA) is 97.1 Å². The number of rotatable bonds is 5. The summed E-state index contributed by atoms with van der Waals surface area (Å²) in [6.45, 7) is -2.60. The zero-order valence-electron chi connectivity index (χ0n) is 19.0. The first-order valence-corrected chi connectivity index (χ1v) is 11.4. The summed E-state index contributed by atoms with van der Waals surface area (Å²) in [4.78, 5) is 24.1. The van der Waals surface area contributed by atoms with Gasteiger partial charge < -0.3 is 14.4 Å². The van der Waals surface area contributed by atoms with E-state index in [0.717, 1.165) is 34.3 Å². The molecule has 2 amide bonds. The first kappa shape index (κ1) is 25.2. The summed E-state index contributed by atoms with van der Waals surface area (Å²) in [5.41, 5.74) is -0.368. The lowest BCUT2D eigenvalue weighted by molar-refractivity contribution is -0.147. The maximum Gasteiger partial charge on any atom is 0.399 e. The van der Waals surface area contributed by atoms with Gasteiger partial charge >= 0.3 is 18.8 Å². The molecule has 0 aliphatic carbocycles. The van der Waals surface area contributed by atoms with Crippen LogP contribution in [0, 0.1) is 0 Å². The molecule has 10 nitrogen and oxygen atoms in total. The summed E-state index contributed by atoms with van der Waals surface area (Å²) >= 11 is 5.85. The van der Waals surface area contributed by atoms with E-state index >= 15 is 0 Å². The number of likely N-dealkylation sites (N-methyl/N-ethyl adjacent to an activating group) is 1. The zero-order chi connectivity index (χ0) is 26.5. The van der Waals surface area contributed by atoms with Gasteiger partial charge in [0.05, 0.1) is 17.6 Å². The molecular weight excluding hydrogens is 529 g/mol. The Hall–Kier alpha value is -3.46. The number of alkyl halides is 5. The molecule has 37 heavy (non-hydrogen) atoms. The number of fused-ring (bicyclic) bond motifs is 3. The Balaban J connectivity index is 1.44. The Bertz CT molecular complexity index is 1340. The lowest BCUT2D eigenvalue weighted by atomic mass is 10.1. The zero-order valence-corrected chi connectivity index (χ0v) is 19.8. The first-order valence-electron chi connectivity index (χ1n) is 11.0. The summed E-state index contributed by atoms with van der Waals surface area (Å²) in [5, 5.41) is 6.16. The predicted molar refractivity (Wildman–Crippen MR) is 121 cm³/mol. The Morgan fingerprint density at radius 3 is 2.70 bits per heavy atom. The lowest BCUT2D eigenvalue weighted by Gasteiger charge is -2.19. The number of urea groups is 1. The smallest absolute Gasteiger partial charge is 0.399 e. The van der Waals surface area contributed by atoms with Gasteiger partial charge in [-0.15, -0.1) is 0 Å². The van der Waals surface area contributed by atoms with Gasteiger partial charge in [0.15, 0.2) is 10.8 Å². The van der Waals surface area contributed by atoms with Crippen LogP contribution in [0.3, 0.4) is 0 Å². The number of anilines is 2. The van der Waals surface area contributed by atoms with Crippen LogP contribution in [0.25, 0.3) is 5.65 Å². The molecule has 2 atom stereocenters. The minimum atomic E-state index is -4.71. The number of nitrogens with zero attached hydrogens (tertiary/aromatic N) is 6. The van der Waals surface area contributed by atoms with Crippen molar-refractivity contribution in [2.45, 2.75) is 31.2 Å². The minimum Gasteiger partial charge on any atom is -0.473 e. The predicted octanol–water partition coefficient (Wildman–Crippen LogP) is 4.16. The van der Waals surface area contributed by atoms with Gasteiger partial charge in [0.1, 0.15) is 23.6 Å². The summed E-state index contributed by atoms with van der Waals surface area (Å²) < 4.78 is 78.7. The van der Waals surface area contributed by atoms with Crippen molar-refractivity contribution in [3.8, 4) is 11.6 Å². The van der Waals surface area contributed by atoms with Crippen LogP contribution in [0.15, 0.2) is 24.4 Å². The normalized spacial score (nSPS) is 20.1. The molecule has 0 bridgehead atoms. The molecular formula is C21H19ClF5N7O3. The number of pyridine rings is 1. The highest BCUT2D eigenvalue weighted by atomic mass is 35.5. The van der Waals surface area contributed by atoms with Crippen molar-refractivity contribution in [2.24, 2.45) is 0 Å². The SMILES string of the molecule is CN1CCC(Oc2cc(OC(F)F)cc(NC(=O)N3CC(C(F)(F)F)c4c3cnc3cc(Cl)nn43)n2)C1. The molecule has 3 aromatic heterocycles. The highest BCUT2D eigenvalue weighted by Crippen LogP contribution is 2.45. The maximum absolute atomic E-state index is 13.9. The number of hydrogen-bond donors (Lipinski definition) is 1. The molecule has 16 heteroatoms. The second kappa shape index (κ2) is 9.45. The number of carbonyl (C=O) groups is 1. The standard InChI is InChI=1S/C21H19ClF5N7O3/c1-32-3-2-10(8-32)36-17-5-11(37-19(23)24)4-15(29-17)30-20(35)33-9-12(21(25,26)27)18-13(33)7-28-16-6-14(22)31-34(16)18/h4-7,10,12,19H,2-3,8-9H2,1H3,(H,29,30,35). The Kier molecular flexibility index (Phi) is 6.43. The van der Waals surface area contributed by atoms with Crippen molar-refractivity contribution in [1.29, 1.82) is 0 Å². The van der Waals surface area contributed by atoms with Crippen LogP contribution in [0.1, 0.15) is 18.0 Å². The molecule has 1 fully saturated rings. The third-order valence-electron chi connectivity index (χ3n) is 5.97. The number of likely N-dealkylation sites (tertiary alicyclic amines) is 1. The van der Waals surface area contributed by atoms with E-state index in [-0.39, 0.29) is 45.7 Å². The van der Waals surface area contributed by atoms with Crippen LogP contribution in [0.5, 0.6) is 11.6 Å². The first-order chi connectivity index (χ1) is 17.5. The molecule has 0 saturated carbocycles. The van der Waals surface area contributed by atoms with Crippen molar-refractivity contribution in [3.05, 3.63) is 35.2 Å². The fourth-order valence-corrected chi connectivity index (χ4v) is 4.56. The molecule has 0 spiro atoms. The van der Waals surface area contributed by atoms with Gasteiger partial charge in [0, 0.05) is 37.8 Å². The number of halogens is 6. The van der Waals surface area contributed by atoms with Crippen LogP contribution >= 0.6 is 11.6 Å². The average Bonchev–Trinajstić information content (AvgIpc) is 3.48. The van der Waals surface area contributed by atoms with Gasteiger partial charge in [-0.1, -0.05) is 11.6 Å². The average molecular weight is 548 g/mol. The van der Waals surface area contributed by atoms with Gasteiger partial charge in [-0.2, -0.15) is 32.0 Å². The highest BCUT2D eigenvalue weighted by molar-refractivity contribution is 6.29. The van der Waals surface area contributed by atoms with Crippen LogP contribution in [-0.4, -0.2) is 76.1 Å². The number of aromatic nitrogens is 4.